The van der Waals surface area contributed by atoms with E-state index < -0.39 is 25.9 Å². The first-order valence-corrected chi connectivity index (χ1v) is 14.2. The molecule has 0 atom stereocenters. The number of phenols is 2. The lowest BCUT2D eigenvalue weighted by atomic mass is 10.3. The van der Waals surface area contributed by atoms with Gasteiger partial charge < -0.3 is 10.2 Å². The van der Waals surface area contributed by atoms with Gasteiger partial charge in [0.25, 0.3) is 5.84 Å². The summed E-state index contributed by atoms with van der Waals surface area (Å²) in [6.45, 7) is 7.78. The van der Waals surface area contributed by atoms with Gasteiger partial charge in [-0.25, -0.2) is 16.8 Å². The third kappa shape index (κ3) is 6.80. The van der Waals surface area contributed by atoms with Gasteiger partial charge in [-0.2, -0.15) is 13.9 Å². The molecule has 0 aromatic heterocycles. The van der Waals surface area contributed by atoms with E-state index in [1.54, 1.807) is 33.8 Å². The van der Waals surface area contributed by atoms with Crippen LogP contribution in [0, 0.1) is 11.3 Å². The number of hydrogen-bond acceptors (Lipinski definition) is 10. The van der Waals surface area contributed by atoms with E-state index in [1.807, 2.05) is 0 Å². The van der Waals surface area contributed by atoms with Crippen molar-refractivity contribution in [2.75, 3.05) is 31.6 Å². The summed E-state index contributed by atoms with van der Waals surface area (Å²) in [5.74, 6) is -1.25. The fourth-order valence-electron chi connectivity index (χ4n) is 3.22. The molecule has 15 heteroatoms. The van der Waals surface area contributed by atoms with Gasteiger partial charge in [0.1, 0.15) is 23.3 Å². The molecule has 0 aliphatic heterocycles. The summed E-state index contributed by atoms with van der Waals surface area (Å²) in [5, 5.41) is 40.6. The molecule has 37 heavy (non-hydrogen) atoms. The first-order chi connectivity index (χ1) is 17.5. The van der Waals surface area contributed by atoms with Gasteiger partial charge in [0, 0.05) is 26.2 Å². The van der Waals surface area contributed by atoms with Crippen LogP contribution in [0.1, 0.15) is 27.7 Å². The second-order valence-electron chi connectivity index (χ2n) is 7.37. The van der Waals surface area contributed by atoms with E-state index in [0.29, 0.717) is 0 Å². The second-order valence-corrected chi connectivity index (χ2v) is 11.2. The van der Waals surface area contributed by atoms with Crippen LogP contribution in [-0.4, -0.2) is 67.7 Å². The maximum absolute atomic E-state index is 12.7. The number of nitriles is 1. The maximum Gasteiger partial charge on any atom is 0.270 e. The van der Waals surface area contributed by atoms with Crippen LogP contribution in [0.3, 0.4) is 0 Å². The number of sulfonamides is 2. The van der Waals surface area contributed by atoms with Gasteiger partial charge in [0.2, 0.25) is 20.0 Å². The Morgan fingerprint density at radius 3 is 1.84 bits per heavy atom. The number of azo groups is 1. The van der Waals surface area contributed by atoms with Gasteiger partial charge in [0.05, 0.1) is 15.5 Å². The fraction of sp³-hybridized carbons (Fsp3) is 0.364. The molecule has 0 bridgehead atoms. The van der Waals surface area contributed by atoms with E-state index in [4.69, 9.17) is 0 Å². The zero-order chi connectivity index (χ0) is 27.8. The molecule has 0 saturated carbocycles. The Kier molecular flexibility index (Phi) is 10.1. The molecule has 200 valence electrons. The van der Waals surface area contributed by atoms with Crippen LogP contribution in [0.15, 0.2) is 61.5 Å². The SMILES string of the molecule is CCN(CC)S(=O)(=O)c1ccc(O)c(N=NC(C#N)=NNc2cc(S(=O)(=O)N(CC)CC)ccc2O)c1. The van der Waals surface area contributed by atoms with Crippen molar-refractivity contribution in [2.45, 2.75) is 37.5 Å². The minimum Gasteiger partial charge on any atom is -0.506 e. The van der Waals surface area contributed by atoms with Crippen LogP contribution in [0.2, 0.25) is 0 Å². The Hall–Kier alpha value is -3.58. The number of nitrogens with zero attached hydrogens (tertiary/aromatic N) is 6. The van der Waals surface area contributed by atoms with Gasteiger partial charge in [-0.15, -0.1) is 15.3 Å². The van der Waals surface area contributed by atoms with Crippen LogP contribution >= 0.6 is 0 Å². The maximum atomic E-state index is 12.7. The lowest BCUT2D eigenvalue weighted by Crippen LogP contribution is -2.30. The molecule has 0 fully saturated rings. The molecule has 0 saturated heterocycles. The molecule has 0 spiro atoms. The first kappa shape index (κ1) is 29.6. The number of phenolic OH excluding ortho intramolecular Hbond substituents is 2. The first-order valence-electron chi connectivity index (χ1n) is 11.3. The predicted molar refractivity (Wildman–Crippen MR) is 138 cm³/mol. The number of nitrogens with one attached hydrogen (secondary N) is 1. The molecule has 0 aliphatic rings. The number of hydrogen-bond donors (Lipinski definition) is 3. The van der Waals surface area contributed by atoms with Crippen LogP contribution in [0.5, 0.6) is 11.5 Å². The van der Waals surface area contributed by atoms with Crippen LogP contribution in [0.4, 0.5) is 11.4 Å². The summed E-state index contributed by atoms with van der Waals surface area (Å²) in [6.07, 6.45) is 0. The highest BCUT2D eigenvalue weighted by atomic mass is 32.2. The number of benzene rings is 2. The molecule has 0 heterocycles. The van der Waals surface area contributed by atoms with Crippen LogP contribution in [-0.2, 0) is 20.0 Å². The summed E-state index contributed by atoms with van der Waals surface area (Å²) in [4.78, 5) is -0.212. The highest BCUT2D eigenvalue weighted by molar-refractivity contribution is 7.89. The Bertz CT molecular complexity index is 1430. The molecule has 0 unspecified atom stereocenters. The number of hydrazone groups is 1. The zero-order valence-electron chi connectivity index (χ0n) is 20.8. The number of anilines is 1. The molecule has 2 rings (SSSR count). The molecule has 3 N–H and O–H groups in total. The van der Waals surface area contributed by atoms with Gasteiger partial charge in [-0.05, 0) is 36.4 Å². The van der Waals surface area contributed by atoms with Gasteiger partial charge >= 0.3 is 0 Å². The van der Waals surface area contributed by atoms with Crippen LogP contribution in [0.25, 0.3) is 0 Å². The van der Waals surface area contributed by atoms with Gasteiger partial charge in [-0.1, -0.05) is 27.7 Å². The Balaban J connectivity index is 2.36. The highest BCUT2D eigenvalue weighted by Gasteiger charge is 2.24. The number of rotatable bonds is 11. The molecular weight excluding hydrogens is 522 g/mol. The molecule has 2 aromatic carbocycles. The summed E-state index contributed by atoms with van der Waals surface area (Å²) in [7, 11) is -7.64. The zero-order valence-corrected chi connectivity index (χ0v) is 22.5. The molecule has 2 aromatic rings. The molecule has 0 aliphatic carbocycles. The summed E-state index contributed by atoms with van der Waals surface area (Å²) < 4.78 is 53.4. The largest absolute Gasteiger partial charge is 0.506 e. The van der Waals surface area contributed by atoms with E-state index in [1.165, 1.54) is 26.8 Å². The quantitative estimate of drug-likeness (QED) is 0.125. The molecule has 0 amide bonds. The van der Waals surface area contributed by atoms with E-state index in [2.05, 4.69) is 20.8 Å². The lowest BCUT2D eigenvalue weighted by Gasteiger charge is -2.19. The third-order valence-corrected chi connectivity index (χ3v) is 9.33. The lowest BCUT2D eigenvalue weighted by molar-refractivity contribution is 0.444. The minimum atomic E-state index is -3.83. The monoisotopic (exact) mass is 551 g/mol. The van der Waals surface area contributed by atoms with Crippen LogP contribution < -0.4 is 5.43 Å². The topological polar surface area (TPSA) is 188 Å². The van der Waals surface area contributed by atoms with Crippen molar-refractivity contribution in [3.8, 4) is 17.6 Å². The third-order valence-electron chi connectivity index (χ3n) is 5.24. The Morgan fingerprint density at radius 1 is 0.865 bits per heavy atom. The van der Waals surface area contributed by atoms with Crippen molar-refractivity contribution >= 4 is 37.3 Å². The summed E-state index contributed by atoms with van der Waals surface area (Å²) in [6, 6.07) is 8.71. The van der Waals surface area contributed by atoms with Crippen molar-refractivity contribution in [3.63, 3.8) is 0 Å². The van der Waals surface area contributed by atoms with Crippen molar-refractivity contribution in [2.24, 2.45) is 15.3 Å². The second kappa shape index (κ2) is 12.6. The van der Waals surface area contributed by atoms with Crippen molar-refractivity contribution < 1.29 is 27.0 Å². The Morgan fingerprint density at radius 2 is 1.35 bits per heavy atom. The standard InChI is InChI=1S/C22H29N7O6S2/c1-5-28(6-2)36(32,33)16-9-11-20(30)18(13-16)24-26-22(15-23)27-25-19-14-17(10-12-21(19)31)37(34,35)29(7-3)8-4/h9-14,24,30-31H,5-8H2,1-4H3. The minimum absolute atomic E-state index is 0.0945. The van der Waals surface area contributed by atoms with E-state index in [-0.39, 0.29) is 58.8 Å². The molecule has 13 nitrogen and oxygen atoms in total. The summed E-state index contributed by atoms with van der Waals surface area (Å²) >= 11 is 0. The average Bonchev–Trinajstić information content (AvgIpc) is 2.86. The fourth-order valence-corrected chi connectivity index (χ4v) is 6.18. The predicted octanol–water partition coefficient (Wildman–Crippen LogP) is 3.19. The molecule has 0 radical (unpaired) electrons. The van der Waals surface area contributed by atoms with Gasteiger partial charge in [-0.3, -0.25) is 5.43 Å². The highest BCUT2D eigenvalue weighted by Crippen LogP contribution is 2.31. The van der Waals surface area contributed by atoms with E-state index >= 15 is 0 Å². The normalized spacial score (nSPS) is 12.8. The smallest absolute Gasteiger partial charge is 0.270 e. The van der Waals surface area contributed by atoms with E-state index in [0.717, 1.165) is 18.2 Å². The van der Waals surface area contributed by atoms with Crippen molar-refractivity contribution in [1.82, 2.24) is 8.61 Å². The van der Waals surface area contributed by atoms with Gasteiger partial charge in [0.15, 0.2) is 0 Å². The van der Waals surface area contributed by atoms with Crippen molar-refractivity contribution in [1.29, 1.82) is 5.26 Å². The summed E-state index contributed by atoms with van der Waals surface area (Å²) in [5.41, 5.74) is 2.06. The Labute approximate surface area is 216 Å². The van der Waals surface area contributed by atoms with Crippen molar-refractivity contribution in [3.05, 3.63) is 36.4 Å². The molecular formula is C22H29N7O6S2. The van der Waals surface area contributed by atoms with E-state index in [9.17, 15) is 32.3 Å². The number of aromatic hydroxyl groups is 2. The average molecular weight is 552 g/mol. The number of amidine groups is 1.